The lowest BCUT2D eigenvalue weighted by atomic mass is 9.98. The van der Waals surface area contributed by atoms with Gasteiger partial charge in [0.1, 0.15) is 18.5 Å². The smallest absolute Gasteiger partial charge is 0.272 e. The van der Waals surface area contributed by atoms with E-state index in [4.69, 9.17) is 19.5 Å². The van der Waals surface area contributed by atoms with Crippen LogP contribution in [0.2, 0.25) is 0 Å². The molecule has 0 radical (unpaired) electrons. The SMILES string of the molecule is N#Cc1ccc2c(c1)C(F)[C@@H](NC(=O)c1cc3n(n1)CC[C@H](COCC1CC1)O3)CO2. The van der Waals surface area contributed by atoms with Gasteiger partial charge in [-0.05, 0) is 37.0 Å². The van der Waals surface area contributed by atoms with Crippen LogP contribution in [0.15, 0.2) is 24.3 Å². The van der Waals surface area contributed by atoms with Crippen LogP contribution in [0.3, 0.4) is 0 Å². The summed E-state index contributed by atoms with van der Waals surface area (Å²) < 4.78 is 33.9. The minimum absolute atomic E-state index is 0.00369. The van der Waals surface area contributed by atoms with Gasteiger partial charge in [0.25, 0.3) is 5.91 Å². The van der Waals surface area contributed by atoms with Crippen LogP contribution in [0.5, 0.6) is 11.6 Å². The number of carbonyl (C=O) groups excluding carboxylic acids is 1. The van der Waals surface area contributed by atoms with Crippen molar-refractivity contribution in [1.82, 2.24) is 15.1 Å². The molecule has 1 amide bonds. The fourth-order valence-corrected chi connectivity index (χ4v) is 3.83. The molecule has 3 aliphatic rings. The van der Waals surface area contributed by atoms with Gasteiger partial charge in [-0.2, -0.15) is 10.4 Å². The maximum atomic E-state index is 15.0. The third-order valence-electron chi connectivity index (χ3n) is 5.80. The minimum Gasteiger partial charge on any atom is -0.491 e. The summed E-state index contributed by atoms with van der Waals surface area (Å²) in [6.45, 7) is 1.93. The fraction of sp³-hybridized carbons (Fsp3) is 0.500. The Hall–Kier alpha value is -3.12. The quantitative estimate of drug-likeness (QED) is 0.762. The van der Waals surface area contributed by atoms with Crippen molar-refractivity contribution in [3.05, 3.63) is 41.1 Å². The molecule has 31 heavy (non-hydrogen) atoms. The molecule has 1 saturated carbocycles. The third-order valence-corrected chi connectivity index (χ3v) is 5.80. The maximum Gasteiger partial charge on any atom is 0.272 e. The monoisotopic (exact) mass is 426 g/mol. The summed E-state index contributed by atoms with van der Waals surface area (Å²) in [7, 11) is 0. The molecule has 0 saturated heterocycles. The second kappa shape index (κ2) is 8.19. The highest BCUT2D eigenvalue weighted by Crippen LogP contribution is 2.35. The summed E-state index contributed by atoms with van der Waals surface area (Å²) in [4.78, 5) is 12.7. The molecule has 2 aromatic rings. The number of aromatic nitrogens is 2. The van der Waals surface area contributed by atoms with Gasteiger partial charge in [0.2, 0.25) is 5.88 Å². The summed E-state index contributed by atoms with van der Waals surface area (Å²) in [5.74, 6) is 1.10. The van der Waals surface area contributed by atoms with Crippen LogP contribution in [0.4, 0.5) is 4.39 Å². The molecule has 1 aromatic carbocycles. The normalized spacial score (nSPS) is 24.2. The lowest BCUT2D eigenvalue weighted by molar-refractivity contribution is 0.0221. The van der Waals surface area contributed by atoms with E-state index in [-0.39, 0.29) is 24.0 Å². The van der Waals surface area contributed by atoms with Crippen LogP contribution in [-0.4, -0.2) is 47.7 Å². The number of aryl methyl sites for hydroxylation is 1. The second-order valence-corrected chi connectivity index (χ2v) is 8.26. The van der Waals surface area contributed by atoms with Gasteiger partial charge in [-0.15, -0.1) is 0 Å². The van der Waals surface area contributed by atoms with Crippen LogP contribution >= 0.6 is 0 Å². The van der Waals surface area contributed by atoms with Crippen molar-refractivity contribution >= 4 is 5.91 Å². The Morgan fingerprint density at radius 1 is 1.32 bits per heavy atom. The first kappa shape index (κ1) is 19.8. The standard InChI is InChI=1S/C22H23FN4O4/c23-21-16-7-14(9-24)3-4-19(16)30-12-18(21)25-22(28)17-8-20-27(26-17)6-5-15(31-20)11-29-10-13-1-2-13/h3-4,7-8,13,15,18,21H,1-2,5-6,10-12H2,(H,25,28)/t15-,18+,21?/m1/s1. The van der Waals surface area contributed by atoms with E-state index >= 15 is 4.39 Å². The van der Waals surface area contributed by atoms with Crippen molar-refractivity contribution < 1.29 is 23.4 Å². The molecule has 162 valence electrons. The molecule has 2 aliphatic heterocycles. The molecule has 1 aromatic heterocycles. The lowest BCUT2D eigenvalue weighted by Crippen LogP contribution is -2.44. The molecule has 0 spiro atoms. The maximum absolute atomic E-state index is 15.0. The first-order valence-corrected chi connectivity index (χ1v) is 10.5. The van der Waals surface area contributed by atoms with Crippen LogP contribution < -0.4 is 14.8 Å². The molecule has 3 heterocycles. The molecule has 1 fully saturated rings. The zero-order chi connectivity index (χ0) is 21.4. The minimum atomic E-state index is -1.48. The molecular formula is C22H23FN4O4. The van der Waals surface area contributed by atoms with E-state index in [9.17, 15) is 4.79 Å². The van der Waals surface area contributed by atoms with Crippen molar-refractivity contribution in [2.45, 2.75) is 44.1 Å². The van der Waals surface area contributed by atoms with Crippen LogP contribution in [0, 0.1) is 17.2 Å². The number of hydrogen-bond acceptors (Lipinski definition) is 6. The van der Waals surface area contributed by atoms with Crippen LogP contribution in [0.25, 0.3) is 0 Å². The molecule has 5 rings (SSSR count). The number of carbonyl (C=O) groups is 1. The Morgan fingerprint density at radius 2 is 2.19 bits per heavy atom. The van der Waals surface area contributed by atoms with E-state index < -0.39 is 18.1 Å². The predicted octanol–water partition coefficient (Wildman–Crippen LogP) is 2.53. The Balaban J connectivity index is 1.21. The number of alkyl halides is 1. The summed E-state index contributed by atoms with van der Waals surface area (Å²) in [6, 6.07) is 7.28. The van der Waals surface area contributed by atoms with Crippen molar-refractivity contribution in [3.63, 3.8) is 0 Å². The molecule has 1 aliphatic carbocycles. The summed E-state index contributed by atoms with van der Waals surface area (Å²) in [6.07, 6.45) is 1.69. The lowest BCUT2D eigenvalue weighted by Gasteiger charge is -2.29. The molecular weight excluding hydrogens is 403 g/mol. The van der Waals surface area contributed by atoms with E-state index in [1.165, 1.54) is 18.9 Å². The number of amides is 1. The number of fused-ring (bicyclic) bond motifs is 2. The van der Waals surface area contributed by atoms with Gasteiger partial charge >= 0.3 is 0 Å². The molecule has 3 atom stereocenters. The van der Waals surface area contributed by atoms with Gasteiger partial charge in [0.05, 0.1) is 24.3 Å². The second-order valence-electron chi connectivity index (χ2n) is 8.26. The number of ether oxygens (including phenoxy) is 3. The zero-order valence-corrected chi connectivity index (χ0v) is 16.9. The van der Waals surface area contributed by atoms with Crippen molar-refractivity contribution in [3.8, 4) is 17.7 Å². The van der Waals surface area contributed by atoms with Gasteiger partial charge in [0.15, 0.2) is 11.9 Å². The Bertz CT molecular complexity index is 1030. The molecule has 9 heteroatoms. The average molecular weight is 426 g/mol. The topological polar surface area (TPSA) is 98.4 Å². The molecule has 8 nitrogen and oxygen atoms in total. The van der Waals surface area contributed by atoms with E-state index in [2.05, 4.69) is 10.4 Å². The number of nitrogens with one attached hydrogen (secondary N) is 1. The third kappa shape index (κ3) is 4.21. The highest BCUT2D eigenvalue weighted by Gasteiger charge is 2.34. The van der Waals surface area contributed by atoms with Crippen molar-refractivity contribution in [2.75, 3.05) is 19.8 Å². The number of nitrogens with zero attached hydrogens (tertiary/aromatic N) is 3. The number of rotatable bonds is 6. The molecule has 1 unspecified atom stereocenters. The first-order valence-electron chi connectivity index (χ1n) is 10.5. The highest BCUT2D eigenvalue weighted by atomic mass is 19.1. The van der Waals surface area contributed by atoms with Crippen molar-refractivity contribution in [1.29, 1.82) is 5.26 Å². The largest absolute Gasteiger partial charge is 0.491 e. The van der Waals surface area contributed by atoms with Gasteiger partial charge in [0, 0.05) is 31.2 Å². The Morgan fingerprint density at radius 3 is 3.00 bits per heavy atom. The molecule has 1 N–H and O–H groups in total. The number of benzene rings is 1. The zero-order valence-electron chi connectivity index (χ0n) is 16.9. The fourth-order valence-electron chi connectivity index (χ4n) is 3.83. The molecule has 0 bridgehead atoms. The van der Waals surface area contributed by atoms with Crippen LogP contribution in [-0.2, 0) is 11.3 Å². The summed E-state index contributed by atoms with van der Waals surface area (Å²) in [5.41, 5.74) is 0.766. The number of hydrogen-bond donors (Lipinski definition) is 1. The van der Waals surface area contributed by atoms with Gasteiger partial charge in [-0.3, -0.25) is 4.79 Å². The van der Waals surface area contributed by atoms with Gasteiger partial charge < -0.3 is 19.5 Å². The van der Waals surface area contributed by atoms with Crippen LogP contribution in [0.1, 0.15) is 47.0 Å². The van der Waals surface area contributed by atoms with E-state index in [0.717, 1.165) is 13.0 Å². The van der Waals surface area contributed by atoms with Gasteiger partial charge in [-0.1, -0.05) is 0 Å². The number of nitriles is 1. The van der Waals surface area contributed by atoms with Crippen molar-refractivity contribution in [2.24, 2.45) is 5.92 Å². The predicted molar refractivity (Wildman–Crippen MR) is 107 cm³/mol. The first-order chi connectivity index (χ1) is 15.1. The highest BCUT2D eigenvalue weighted by molar-refractivity contribution is 5.92. The summed E-state index contributed by atoms with van der Waals surface area (Å²) >= 11 is 0. The average Bonchev–Trinajstić information content (AvgIpc) is 3.51. The number of halogens is 1. The van der Waals surface area contributed by atoms with Gasteiger partial charge in [-0.25, -0.2) is 9.07 Å². The van der Waals surface area contributed by atoms with E-state index in [0.29, 0.717) is 36.3 Å². The summed E-state index contributed by atoms with van der Waals surface area (Å²) in [5, 5.41) is 16.0. The Labute approximate surface area is 178 Å². The van der Waals surface area contributed by atoms with E-state index in [1.54, 1.807) is 22.9 Å². The Kier molecular flexibility index (Phi) is 5.24. The van der Waals surface area contributed by atoms with E-state index in [1.807, 2.05) is 6.07 Å².